The highest BCUT2D eigenvalue weighted by Crippen LogP contribution is 2.10. The van der Waals surface area contributed by atoms with Crippen molar-refractivity contribution in [1.29, 1.82) is 0 Å². The van der Waals surface area contributed by atoms with Crippen molar-refractivity contribution < 1.29 is 9.59 Å². The first-order valence-electron chi connectivity index (χ1n) is 3.12. The second-order valence-electron chi connectivity index (χ2n) is 2.21. The van der Waals surface area contributed by atoms with E-state index in [2.05, 4.69) is 5.32 Å². The second kappa shape index (κ2) is 3.01. The molecule has 0 aromatic carbocycles. The van der Waals surface area contributed by atoms with E-state index in [4.69, 9.17) is 11.6 Å². The molecule has 0 bridgehead atoms. The number of carbonyl (C=O) groups excluding carboxylic acids is 2. The lowest BCUT2D eigenvalue weighted by Crippen LogP contribution is -2.19. The summed E-state index contributed by atoms with van der Waals surface area (Å²) in [7, 11) is 0. The minimum atomic E-state index is -0.475. The van der Waals surface area contributed by atoms with Crippen LogP contribution in [0, 0.1) is 5.92 Å². The Balaban J connectivity index is 2.54. The Morgan fingerprint density at radius 2 is 2.30 bits per heavy atom. The van der Waals surface area contributed by atoms with Crippen LogP contribution in [0.25, 0.3) is 0 Å². The lowest BCUT2D eigenvalue weighted by atomic mass is 10.0. The number of carbonyl (C=O) groups is 2. The topological polar surface area (TPSA) is 46.2 Å². The molecule has 0 aromatic heterocycles. The molecule has 56 valence electrons. The summed E-state index contributed by atoms with van der Waals surface area (Å²) in [4.78, 5) is 21.6. The van der Waals surface area contributed by atoms with Crippen molar-refractivity contribution in [3.05, 3.63) is 0 Å². The third kappa shape index (κ3) is 1.29. The first-order chi connectivity index (χ1) is 4.75. The number of rotatable bonds is 2. The third-order valence-electron chi connectivity index (χ3n) is 1.54. The Morgan fingerprint density at radius 1 is 1.60 bits per heavy atom. The fourth-order valence-electron chi connectivity index (χ4n) is 0.968. The minimum absolute atomic E-state index is 0.0364. The summed E-state index contributed by atoms with van der Waals surface area (Å²) >= 11 is 5.38. The van der Waals surface area contributed by atoms with Gasteiger partial charge in [0.1, 0.15) is 0 Å². The molecule has 1 fully saturated rings. The van der Waals surface area contributed by atoms with Crippen molar-refractivity contribution in [2.24, 2.45) is 5.92 Å². The molecule has 0 aromatic rings. The van der Waals surface area contributed by atoms with Gasteiger partial charge in [-0.3, -0.25) is 9.59 Å². The summed E-state index contributed by atoms with van der Waals surface area (Å²) in [5.74, 6) is -0.321. The van der Waals surface area contributed by atoms with Gasteiger partial charge in [0.05, 0.1) is 12.5 Å². The molecular formula is C6H8ClNO2. The summed E-state index contributed by atoms with van der Waals surface area (Å²) in [6, 6.07) is 0. The highest BCUT2D eigenvalue weighted by atomic mass is 35.5. The highest BCUT2D eigenvalue weighted by molar-refractivity contribution is 6.18. The monoisotopic (exact) mass is 161 g/mol. The molecule has 0 aliphatic carbocycles. The molecule has 4 heteroatoms. The van der Waals surface area contributed by atoms with Crippen molar-refractivity contribution in [1.82, 2.24) is 5.32 Å². The standard InChI is InChI=1S/C6H8ClNO2/c7-2-1-4-5(9)3-8-6(4)10/h4H,1-3H2,(H,8,10). The van der Waals surface area contributed by atoms with Crippen LogP contribution in [0.2, 0.25) is 0 Å². The molecular weight excluding hydrogens is 154 g/mol. The molecule has 0 spiro atoms. The van der Waals surface area contributed by atoms with Crippen LogP contribution in [0.15, 0.2) is 0 Å². The number of halogens is 1. The van der Waals surface area contributed by atoms with Gasteiger partial charge in [-0.1, -0.05) is 0 Å². The fraction of sp³-hybridized carbons (Fsp3) is 0.667. The molecule has 1 aliphatic heterocycles. The van der Waals surface area contributed by atoms with Gasteiger partial charge in [-0.2, -0.15) is 0 Å². The molecule has 3 nitrogen and oxygen atoms in total. The fourth-order valence-corrected chi connectivity index (χ4v) is 1.19. The van der Waals surface area contributed by atoms with Crippen LogP contribution in [0.4, 0.5) is 0 Å². The Bertz CT molecular complexity index is 153. The van der Waals surface area contributed by atoms with Crippen LogP contribution in [0.5, 0.6) is 0 Å². The molecule has 0 saturated carbocycles. The van der Waals surface area contributed by atoms with E-state index in [0.29, 0.717) is 12.3 Å². The summed E-state index contributed by atoms with van der Waals surface area (Å²) in [5, 5.41) is 2.46. The van der Waals surface area contributed by atoms with Gasteiger partial charge in [0.2, 0.25) is 5.91 Å². The lowest BCUT2D eigenvalue weighted by molar-refractivity contribution is -0.127. The van der Waals surface area contributed by atoms with Crippen LogP contribution in [0.1, 0.15) is 6.42 Å². The van der Waals surface area contributed by atoms with Crippen LogP contribution >= 0.6 is 11.6 Å². The normalized spacial score (nSPS) is 25.1. The van der Waals surface area contributed by atoms with Gasteiger partial charge in [0.25, 0.3) is 0 Å². The van der Waals surface area contributed by atoms with E-state index in [1.165, 1.54) is 0 Å². The van der Waals surface area contributed by atoms with Gasteiger partial charge in [0, 0.05) is 5.88 Å². The van der Waals surface area contributed by atoms with E-state index in [1.807, 2.05) is 0 Å². The van der Waals surface area contributed by atoms with Crippen molar-refractivity contribution >= 4 is 23.3 Å². The SMILES string of the molecule is O=C1CNC(=O)C1CCCl. The van der Waals surface area contributed by atoms with Crippen molar-refractivity contribution in [3.8, 4) is 0 Å². The molecule has 1 aliphatic rings. The summed E-state index contributed by atoms with van der Waals surface area (Å²) < 4.78 is 0. The number of hydrogen-bond acceptors (Lipinski definition) is 2. The maximum absolute atomic E-state index is 10.8. The minimum Gasteiger partial charge on any atom is -0.348 e. The molecule has 10 heavy (non-hydrogen) atoms. The number of alkyl halides is 1. The molecule has 1 atom stereocenters. The number of hydrogen-bond donors (Lipinski definition) is 1. The van der Waals surface area contributed by atoms with E-state index < -0.39 is 5.92 Å². The first kappa shape index (κ1) is 7.54. The van der Waals surface area contributed by atoms with Crippen LogP contribution < -0.4 is 5.32 Å². The van der Waals surface area contributed by atoms with Crippen LogP contribution in [0.3, 0.4) is 0 Å². The molecule has 1 heterocycles. The van der Waals surface area contributed by atoms with Crippen molar-refractivity contribution in [2.45, 2.75) is 6.42 Å². The molecule has 1 saturated heterocycles. The zero-order valence-corrected chi connectivity index (χ0v) is 6.15. The average molecular weight is 162 g/mol. The van der Waals surface area contributed by atoms with Crippen LogP contribution in [-0.2, 0) is 9.59 Å². The van der Waals surface area contributed by atoms with Gasteiger partial charge in [-0.15, -0.1) is 11.6 Å². The Labute approximate surface area is 63.7 Å². The molecule has 1 unspecified atom stereocenters. The predicted octanol–water partition coefficient (Wildman–Crippen LogP) is -0.0696. The third-order valence-corrected chi connectivity index (χ3v) is 1.76. The van der Waals surface area contributed by atoms with E-state index in [-0.39, 0.29) is 18.2 Å². The molecule has 1 amide bonds. The largest absolute Gasteiger partial charge is 0.348 e. The number of nitrogens with one attached hydrogen (secondary N) is 1. The zero-order valence-electron chi connectivity index (χ0n) is 5.39. The lowest BCUT2D eigenvalue weighted by Gasteiger charge is -1.99. The Hall–Kier alpha value is -0.570. The van der Waals surface area contributed by atoms with E-state index in [0.717, 1.165) is 0 Å². The number of Topliss-reactive ketones (excluding diaryl/α,β-unsaturated/α-hetero) is 1. The number of amides is 1. The summed E-state index contributed by atoms with van der Waals surface area (Å²) in [6.07, 6.45) is 0.465. The van der Waals surface area contributed by atoms with Gasteiger partial charge < -0.3 is 5.32 Å². The Morgan fingerprint density at radius 3 is 2.70 bits per heavy atom. The molecule has 1 rings (SSSR count). The molecule has 1 N–H and O–H groups in total. The Kier molecular flexibility index (Phi) is 2.27. The number of ketones is 1. The predicted molar refractivity (Wildman–Crippen MR) is 36.8 cm³/mol. The maximum Gasteiger partial charge on any atom is 0.231 e. The van der Waals surface area contributed by atoms with Gasteiger partial charge in [-0.25, -0.2) is 0 Å². The zero-order chi connectivity index (χ0) is 7.56. The summed E-state index contributed by atoms with van der Waals surface area (Å²) in [6.45, 7) is 0.181. The van der Waals surface area contributed by atoms with Crippen molar-refractivity contribution in [2.75, 3.05) is 12.4 Å². The van der Waals surface area contributed by atoms with Crippen LogP contribution in [-0.4, -0.2) is 24.1 Å². The first-order valence-corrected chi connectivity index (χ1v) is 3.65. The van der Waals surface area contributed by atoms with Gasteiger partial charge in [-0.05, 0) is 6.42 Å². The average Bonchev–Trinajstić information content (AvgIpc) is 2.20. The maximum atomic E-state index is 10.8. The van der Waals surface area contributed by atoms with E-state index >= 15 is 0 Å². The second-order valence-corrected chi connectivity index (χ2v) is 2.59. The quantitative estimate of drug-likeness (QED) is 0.455. The summed E-state index contributed by atoms with van der Waals surface area (Å²) in [5.41, 5.74) is 0. The van der Waals surface area contributed by atoms with Gasteiger partial charge in [0.15, 0.2) is 5.78 Å². The molecule has 0 radical (unpaired) electrons. The smallest absolute Gasteiger partial charge is 0.231 e. The van der Waals surface area contributed by atoms with E-state index in [1.54, 1.807) is 0 Å². The van der Waals surface area contributed by atoms with Crippen molar-refractivity contribution in [3.63, 3.8) is 0 Å². The van der Waals surface area contributed by atoms with E-state index in [9.17, 15) is 9.59 Å². The highest BCUT2D eigenvalue weighted by Gasteiger charge is 2.31. The van der Waals surface area contributed by atoms with Gasteiger partial charge >= 0.3 is 0 Å².